The highest BCUT2D eigenvalue weighted by Crippen LogP contribution is 2.31. The molecule has 0 saturated carbocycles. The van der Waals surface area contributed by atoms with Gasteiger partial charge in [-0.05, 0) is 72.0 Å². The first-order chi connectivity index (χ1) is 19.2. The monoisotopic (exact) mass is 576 g/mol. The number of amides is 1. The molecule has 0 heterocycles. The second kappa shape index (κ2) is 13.0. The van der Waals surface area contributed by atoms with Crippen molar-refractivity contribution < 1.29 is 17.9 Å². The molecule has 0 bridgehead atoms. The molecular weight excluding hydrogens is 544 g/mol. The summed E-state index contributed by atoms with van der Waals surface area (Å²) >= 11 is 6.25. The highest BCUT2D eigenvalue weighted by molar-refractivity contribution is 7.92. The second-order valence-electron chi connectivity index (χ2n) is 9.75. The second-order valence-corrected chi connectivity index (χ2v) is 12.0. The predicted molar refractivity (Wildman–Crippen MR) is 161 cm³/mol. The highest BCUT2D eigenvalue weighted by Gasteiger charge is 2.26. The van der Waals surface area contributed by atoms with Crippen LogP contribution in [0.2, 0.25) is 5.02 Å². The number of anilines is 1. The Morgan fingerprint density at radius 3 is 2.30 bits per heavy atom. The zero-order valence-corrected chi connectivity index (χ0v) is 24.4. The molecule has 1 N–H and O–H groups in total. The van der Waals surface area contributed by atoms with Crippen LogP contribution in [-0.2, 0) is 16.6 Å². The number of sulfonamides is 1. The Morgan fingerprint density at radius 1 is 0.925 bits per heavy atom. The van der Waals surface area contributed by atoms with E-state index >= 15 is 0 Å². The average Bonchev–Trinajstić information content (AvgIpc) is 2.96. The maximum atomic E-state index is 13.7. The van der Waals surface area contributed by atoms with Gasteiger partial charge in [-0.2, -0.15) is 0 Å². The molecular formula is C32H33ClN2O4S. The molecule has 208 valence electrons. The first-order valence-electron chi connectivity index (χ1n) is 13.1. The normalized spacial score (nSPS) is 11.3. The van der Waals surface area contributed by atoms with E-state index in [-0.39, 0.29) is 17.3 Å². The van der Waals surface area contributed by atoms with Crippen LogP contribution in [0.1, 0.15) is 46.8 Å². The summed E-state index contributed by atoms with van der Waals surface area (Å²) in [7, 11) is -3.88. The van der Waals surface area contributed by atoms with Gasteiger partial charge in [0, 0.05) is 10.6 Å². The molecule has 0 radical (unpaired) electrons. The van der Waals surface area contributed by atoms with Crippen molar-refractivity contribution in [2.45, 2.75) is 38.1 Å². The Labute approximate surface area is 241 Å². The van der Waals surface area contributed by atoms with Gasteiger partial charge in [-0.15, -0.1) is 0 Å². The maximum Gasteiger partial charge on any atom is 0.264 e. The van der Waals surface area contributed by atoms with E-state index in [1.807, 2.05) is 31.2 Å². The third kappa shape index (κ3) is 7.03. The van der Waals surface area contributed by atoms with Crippen LogP contribution in [0, 0.1) is 6.92 Å². The van der Waals surface area contributed by atoms with Gasteiger partial charge in [-0.25, -0.2) is 8.42 Å². The Bertz CT molecular complexity index is 1560. The highest BCUT2D eigenvalue weighted by atomic mass is 35.5. The van der Waals surface area contributed by atoms with E-state index in [4.69, 9.17) is 16.3 Å². The number of nitrogens with zero attached hydrogens (tertiary/aromatic N) is 1. The van der Waals surface area contributed by atoms with Crippen LogP contribution >= 0.6 is 11.6 Å². The number of carbonyl (C=O) groups excluding carboxylic acids is 1. The van der Waals surface area contributed by atoms with Crippen molar-refractivity contribution in [3.05, 3.63) is 124 Å². The Morgan fingerprint density at radius 2 is 1.60 bits per heavy atom. The van der Waals surface area contributed by atoms with Crippen molar-refractivity contribution in [1.82, 2.24) is 5.32 Å². The van der Waals surface area contributed by atoms with Crippen molar-refractivity contribution in [3.63, 3.8) is 0 Å². The molecule has 0 aliphatic carbocycles. The number of hydrogen-bond acceptors (Lipinski definition) is 4. The van der Waals surface area contributed by atoms with E-state index in [9.17, 15) is 13.2 Å². The lowest BCUT2D eigenvalue weighted by molar-refractivity contribution is 0.0947. The molecule has 4 rings (SSSR count). The third-order valence-corrected chi connectivity index (χ3v) is 8.51. The summed E-state index contributed by atoms with van der Waals surface area (Å²) in [5.41, 5.74) is 3.60. The minimum absolute atomic E-state index is 0.0728. The van der Waals surface area contributed by atoms with E-state index in [0.29, 0.717) is 35.3 Å². The van der Waals surface area contributed by atoms with Crippen molar-refractivity contribution in [2.24, 2.45) is 0 Å². The number of hydrogen-bond donors (Lipinski definition) is 1. The van der Waals surface area contributed by atoms with Crippen LogP contribution in [0.15, 0.2) is 102 Å². The zero-order valence-electron chi connectivity index (χ0n) is 22.8. The van der Waals surface area contributed by atoms with Gasteiger partial charge in [0.2, 0.25) is 0 Å². The summed E-state index contributed by atoms with van der Waals surface area (Å²) in [5, 5.41) is 3.32. The first kappa shape index (κ1) is 29.2. The van der Waals surface area contributed by atoms with Gasteiger partial charge in [0.15, 0.2) is 0 Å². The van der Waals surface area contributed by atoms with E-state index in [1.165, 1.54) is 4.31 Å². The minimum atomic E-state index is -3.88. The summed E-state index contributed by atoms with van der Waals surface area (Å²) < 4.78 is 34.6. The molecule has 0 atom stereocenters. The lowest BCUT2D eigenvalue weighted by atomic mass is 10.0. The van der Waals surface area contributed by atoms with Gasteiger partial charge in [0.25, 0.3) is 15.9 Å². The number of benzene rings is 4. The Balaban J connectivity index is 1.45. The van der Waals surface area contributed by atoms with E-state index in [1.54, 1.807) is 72.8 Å². The van der Waals surface area contributed by atoms with Crippen molar-refractivity contribution >= 4 is 33.2 Å². The first-order valence-corrected chi connectivity index (χ1v) is 14.9. The van der Waals surface area contributed by atoms with Gasteiger partial charge in [0.05, 0.1) is 23.7 Å². The molecule has 1 amide bonds. The van der Waals surface area contributed by atoms with Gasteiger partial charge in [0.1, 0.15) is 12.4 Å². The average molecular weight is 577 g/mol. The number of nitrogens with one attached hydrogen (secondary N) is 1. The van der Waals surface area contributed by atoms with Crippen LogP contribution in [-0.4, -0.2) is 27.5 Å². The van der Waals surface area contributed by atoms with Crippen molar-refractivity contribution in [1.29, 1.82) is 0 Å². The maximum absolute atomic E-state index is 13.7. The van der Waals surface area contributed by atoms with Gasteiger partial charge in [-0.3, -0.25) is 9.10 Å². The third-order valence-electron chi connectivity index (χ3n) is 6.50. The number of rotatable bonds is 11. The van der Waals surface area contributed by atoms with E-state index < -0.39 is 10.0 Å². The van der Waals surface area contributed by atoms with Gasteiger partial charge in [-0.1, -0.05) is 80.0 Å². The fraction of sp³-hybridized carbons (Fsp3) is 0.219. The molecule has 0 spiro atoms. The molecule has 6 nitrogen and oxygen atoms in total. The number of carbonyl (C=O) groups is 1. The van der Waals surface area contributed by atoms with Crippen molar-refractivity contribution in [3.8, 4) is 5.75 Å². The lowest BCUT2D eigenvalue weighted by Crippen LogP contribution is -2.31. The Kier molecular flexibility index (Phi) is 9.50. The van der Waals surface area contributed by atoms with Gasteiger partial charge < -0.3 is 10.1 Å². The van der Waals surface area contributed by atoms with E-state index in [2.05, 4.69) is 19.2 Å². The molecule has 0 aliphatic heterocycles. The zero-order chi connectivity index (χ0) is 28.7. The van der Waals surface area contributed by atoms with E-state index in [0.717, 1.165) is 22.4 Å². The standard InChI is InChI=1S/C32H33ClN2O4S/c1-23(2)29-11-7-8-12-31(29)39-20-19-34-32(36)26-16-14-25(15-17-26)22-35(30-21-27(33)18-13-24(30)3)40(37,38)28-9-5-4-6-10-28/h4-18,21,23H,19-20,22H2,1-3H3,(H,34,36). The number of aryl methyl sites for hydroxylation is 1. The predicted octanol–water partition coefficient (Wildman–Crippen LogP) is 6.98. The molecule has 4 aromatic carbocycles. The molecule has 8 heteroatoms. The van der Waals surface area contributed by atoms with Crippen LogP contribution in [0.25, 0.3) is 0 Å². The minimum Gasteiger partial charge on any atom is -0.491 e. The summed E-state index contributed by atoms with van der Waals surface area (Å²) in [4.78, 5) is 12.9. The molecule has 40 heavy (non-hydrogen) atoms. The lowest BCUT2D eigenvalue weighted by Gasteiger charge is -2.26. The number of ether oxygens (including phenoxy) is 1. The quantitative estimate of drug-likeness (QED) is 0.196. The fourth-order valence-electron chi connectivity index (χ4n) is 4.31. The SMILES string of the molecule is Cc1ccc(Cl)cc1N(Cc1ccc(C(=O)NCCOc2ccccc2C(C)C)cc1)S(=O)(=O)c1ccccc1. The smallest absolute Gasteiger partial charge is 0.264 e. The number of para-hydroxylation sites is 1. The van der Waals surface area contributed by atoms with Crippen LogP contribution in [0.4, 0.5) is 5.69 Å². The fourth-order valence-corrected chi connectivity index (χ4v) is 6.01. The van der Waals surface area contributed by atoms with Crippen molar-refractivity contribution in [2.75, 3.05) is 17.5 Å². The molecule has 0 aliphatic rings. The Hall–Kier alpha value is -3.81. The summed E-state index contributed by atoms with van der Waals surface area (Å²) in [6, 6.07) is 28.3. The molecule has 4 aromatic rings. The number of halogens is 1. The van der Waals surface area contributed by atoms with Crippen LogP contribution in [0.5, 0.6) is 5.75 Å². The topological polar surface area (TPSA) is 75.7 Å². The summed E-state index contributed by atoms with van der Waals surface area (Å²) in [6.45, 7) is 6.84. The largest absolute Gasteiger partial charge is 0.491 e. The molecule has 0 saturated heterocycles. The van der Waals surface area contributed by atoms with Crippen LogP contribution in [0.3, 0.4) is 0 Å². The summed E-state index contributed by atoms with van der Waals surface area (Å²) in [5.74, 6) is 0.929. The van der Waals surface area contributed by atoms with Gasteiger partial charge >= 0.3 is 0 Å². The van der Waals surface area contributed by atoms with Crippen LogP contribution < -0.4 is 14.4 Å². The molecule has 0 aromatic heterocycles. The molecule has 0 unspecified atom stereocenters. The summed E-state index contributed by atoms with van der Waals surface area (Å²) in [6.07, 6.45) is 0. The molecule has 0 fully saturated rings.